The summed E-state index contributed by atoms with van der Waals surface area (Å²) >= 11 is 1.76. The van der Waals surface area contributed by atoms with E-state index in [4.69, 9.17) is 0 Å². The van der Waals surface area contributed by atoms with Crippen LogP contribution in [0, 0.1) is 20.8 Å². The lowest BCUT2D eigenvalue weighted by molar-refractivity contribution is 0.777. The Morgan fingerprint density at radius 2 is 2.09 bits per heavy atom. The fourth-order valence-corrected chi connectivity index (χ4v) is 2.96. The zero-order chi connectivity index (χ0) is 15.9. The molecule has 0 saturated heterocycles. The summed E-state index contributed by atoms with van der Waals surface area (Å²) in [5, 5.41) is 7.77. The van der Waals surface area contributed by atoms with Gasteiger partial charge in [-0.25, -0.2) is 4.98 Å². The van der Waals surface area contributed by atoms with Gasteiger partial charge in [-0.15, -0.1) is 11.3 Å². The van der Waals surface area contributed by atoms with E-state index in [1.165, 1.54) is 15.4 Å². The third-order valence-corrected chi connectivity index (χ3v) is 4.60. The van der Waals surface area contributed by atoms with Crippen molar-refractivity contribution >= 4 is 17.3 Å². The highest BCUT2D eigenvalue weighted by atomic mass is 32.1. The van der Waals surface area contributed by atoms with Crippen LogP contribution in [0.25, 0.3) is 0 Å². The number of nitrogens with zero attached hydrogens (tertiary/aromatic N) is 3. The molecule has 2 N–H and O–H groups in total. The molecule has 0 spiro atoms. The summed E-state index contributed by atoms with van der Waals surface area (Å²) in [4.78, 5) is 14.4. The van der Waals surface area contributed by atoms with Gasteiger partial charge in [-0.1, -0.05) is 6.07 Å². The quantitative estimate of drug-likeness (QED) is 0.656. The first-order chi connectivity index (χ1) is 10.6. The van der Waals surface area contributed by atoms with Gasteiger partial charge in [0, 0.05) is 31.1 Å². The molecule has 2 heterocycles. The van der Waals surface area contributed by atoms with Crippen molar-refractivity contribution in [3.05, 3.63) is 45.2 Å². The lowest BCUT2D eigenvalue weighted by Crippen LogP contribution is -2.38. The van der Waals surface area contributed by atoms with Crippen LogP contribution < -0.4 is 10.6 Å². The predicted molar refractivity (Wildman–Crippen MR) is 92.5 cm³/mol. The smallest absolute Gasteiger partial charge is 0.191 e. The van der Waals surface area contributed by atoms with Crippen molar-refractivity contribution in [1.29, 1.82) is 0 Å². The zero-order valence-corrected chi connectivity index (χ0v) is 14.4. The minimum absolute atomic E-state index is 0.668. The first-order valence-electron chi connectivity index (χ1n) is 7.38. The van der Waals surface area contributed by atoms with Crippen LogP contribution in [0.2, 0.25) is 0 Å². The van der Waals surface area contributed by atoms with Gasteiger partial charge in [0.2, 0.25) is 0 Å². The van der Waals surface area contributed by atoms with Gasteiger partial charge in [0.1, 0.15) is 0 Å². The molecule has 118 valence electrons. The van der Waals surface area contributed by atoms with Crippen LogP contribution in [0.1, 0.15) is 26.8 Å². The monoisotopic (exact) mass is 317 g/mol. The molecule has 0 amide bonds. The van der Waals surface area contributed by atoms with Crippen molar-refractivity contribution < 1.29 is 0 Å². The summed E-state index contributed by atoms with van der Waals surface area (Å²) in [6.45, 7) is 7.71. The number of aliphatic imine (C=N–C) groups is 1. The summed E-state index contributed by atoms with van der Waals surface area (Å²) in [6, 6.07) is 4.01. The minimum atomic E-state index is 0.668. The Hall–Kier alpha value is -1.95. The molecule has 22 heavy (non-hydrogen) atoms. The van der Waals surface area contributed by atoms with E-state index in [0.29, 0.717) is 6.54 Å². The van der Waals surface area contributed by atoms with Crippen molar-refractivity contribution in [1.82, 2.24) is 20.6 Å². The molecule has 0 saturated carbocycles. The molecule has 0 radical (unpaired) electrons. The number of rotatable bonds is 5. The van der Waals surface area contributed by atoms with Crippen LogP contribution in [-0.4, -0.2) is 29.5 Å². The van der Waals surface area contributed by atoms with Crippen molar-refractivity contribution in [3.8, 4) is 0 Å². The number of pyridine rings is 1. The predicted octanol–water partition coefficient (Wildman–Crippen LogP) is 2.37. The second-order valence-corrected chi connectivity index (χ2v) is 6.41. The third-order valence-electron chi connectivity index (χ3n) is 3.47. The second-order valence-electron chi connectivity index (χ2n) is 5.12. The fourth-order valence-electron chi connectivity index (χ4n) is 2.03. The number of hydrogen-bond acceptors (Lipinski definition) is 4. The number of aromatic nitrogens is 2. The zero-order valence-electron chi connectivity index (χ0n) is 13.6. The van der Waals surface area contributed by atoms with Gasteiger partial charge in [-0.05, 0) is 32.4 Å². The molecule has 2 aromatic rings. The average Bonchev–Trinajstić information content (AvgIpc) is 2.82. The van der Waals surface area contributed by atoms with Crippen LogP contribution in [0.4, 0.5) is 0 Å². The molecular weight excluding hydrogens is 294 g/mol. The highest BCUT2D eigenvalue weighted by Gasteiger charge is 2.05. The lowest BCUT2D eigenvalue weighted by Gasteiger charge is -2.12. The summed E-state index contributed by atoms with van der Waals surface area (Å²) in [7, 11) is 1.78. The number of guanidine groups is 1. The Morgan fingerprint density at radius 3 is 2.73 bits per heavy atom. The minimum Gasteiger partial charge on any atom is -0.356 e. The first-order valence-corrected chi connectivity index (χ1v) is 8.19. The van der Waals surface area contributed by atoms with Gasteiger partial charge in [-0.2, -0.15) is 0 Å². The van der Waals surface area contributed by atoms with Crippen LogP contribution in [-0.2, 0) is 13.0 Å². The molecule has 0 aliphatic heterocycles. The van der Waals surface area contributed by atoms with E-state index in [-0.39, 0.29) is 0 Å². The van der Waals surface area contributed by atoms with E-state index in [2.05, 4.69) is 52.4 Å². The van der Waals surface area contributed by atoms with E-state index in [9.17, 15) is 0 Å². The Labute approximate surface area is 135 Å². The van der Waals surface area contributed by atoms with Crippen LogP contribution >= 0.6 is 11.3 Å². The first kappa shape index (κ1) is 16.4. The van der Waals surface area contributed by atoms with Gasteiger partial charge < -0.3 is 10.6 Å². The van der Waals surface area contributed by atoms with Gasteiger partial charge in [0.15, 0.2) is 5.96 Å². The molecule has 0 bridgehead atoms. The molecule has 0 unspecified atom stereocenters. The van der Waals surface area contributed by atoms with Crippen molar-refractivity contribution in [3.63, 3.8) is 0 Å². The van der Waals surface area contributed by atoms with E-state index in [1.54, 1.807) is 18.4 Å². The molecule has 5 nitrogen and oxygen atoms in total. The molecule has 0 fully saturated rings. The molecule has 0 aliphatic rings. The van der Waals surface area contributed by atoms with E-state index < -0.39 is 0 Å². The maximum atomic E-state index is 4.55. The highest BCUT2D eigenvalue weighted by Crippen LogP contribution is 2.16. The van der Waals surface area contributed by atoms with Gasteiger partial charge in [-0.3, -0.25) is 9.98 Å². The summed E-state index contributed by atoms with van der Waals surface area (Å²) < 4.78 is 0. The van der Waals surface area contributed by atoms with Crippen molar-refractivity contribution in [2.45, 2.75) is 33.7 Å². The fraction of sp³-hybridized carbons (Fsp3) is 0.438. The standard InChI is InChI=1S/C16H23N5S/c1-11-6-5-8-18-14(11)10-20-16(17-4)19-9-7-15-21-12(2)13(3)22-15/h5-6,8H,7,9-10H2,1-4H3,(H2,17,19,20). The molecule has 0 aromatic carbocycles. The van der Waals surface area contributed by atoms with Gasteiger partial charge in [0.25, 0.3) is 0 Å². The number of hydrogen-bond donors (Lipinski definition) is 2. The average molecular weight is 317 g/mol. The summed E-state index contributed by atoms with van der Waals surface area (Å²) in [6.07, 6.45) is 2.72. The maximum Gasteiger partial charge on any atom is 0.191 e. The van der Waals surface area contributed by atoms with Gasteiger partial charge >= 0.3 is 0 Å². The maximum absolute atomic E-state index is 4.55. The molecule has 2 rings (SSSR count). The number of aryl methyl sites for hydroxylation is 3. The lowest BCUT2D eigenvalue weighted by atomic mass is 10.2. The van der Waals surface area contributed by atoms with Crippen molar-refractivity contribution in [2.75, 3.05) is 13.6 Å². The Balaban J connectivity index is 1.79. The van der Waals surface area contributed by atoms with Crippen LogP contribution in [0.15, 0.2) is 23.3 Å². The van der Waals surface area contributed by atoms with Gasteiger partial charge in [0.05, 0.1) is 22.9 Å². The third kappa shape index (κ3) is 4.53. The normalized spacial score (nSPS) is 11.5. The Morgan fingerprint density at radius 1 is 1.27 bits per heavy atom. The second kappa shape index (κ2) is 7.89. The Kier molecular flexibility index (Phi) is 5.89. The van der Waals surface area contributed by atoms with Crippen molar-refractivity contribution in [2.24, 2.45) is 4.99 Å². The highest BCUT2D eigenvalue weighted by molar-refractivity contribution is 7.11. The molecule has 2 aromatic heterocycles. The molecule has 0 aliphatic carbocycles. The topological polar surface area (TPSA) is 62.2 Å². The Bertz CT molecular complexity index is 628. The SMILES string of the molecule is CN=C(NCCc1nc(C)c(C)s1)NCc1ncccc1C. The number of nitrogens with one attached hydrogen (secondary N) is 2. The molecular formula is C16H23N5S. The summed E-state index contributed by atoms with van der Waals surface area (Å²) in [5.74, 6) is 0.787. The van der Waals surface area contributed by atoms with Crippen LogP contribution in [0.3, 0.4) is 0 Å². The van der Waals surface area contributed by atoms with E-state index >= 15 is 0 Å². The largest absolute Gasteiger partial charge is 0.356 e. The van der Waals surface area contributed by atoms with E-state index in [0.717, 1.165) is 30.3 Å². The molecule has 6 heteroatoms. The molecule has 0 atom stereocenters. The number of thiazole rings is 1. The van der Waals surface area contributed by atoms with Crippen LogP contribution in [0.5, 0.6) is 0 Å². The summed E-state index contributed by atoms with van der Waals surface area (Å²) in [5.41, 5.74) is 3.35. The van der Waals surface area contributed by atoms with E-state index in [1.807, 2.05) is 12.3 Å².